The fraction of sp³-hybridized carbons (Fsp3) is 0.444. The summed E-state index contributed by atoms with van der Waals surface area (Å²) in [5.74, 6) is 0. The zero-order valence-corrected chi connectivity index (χ0v) is 17.7. The highest BCUT2D eigenvalue weighted by atomic mass is 32.2. The van der Waals surface area contributed by atoms with Gasteiger partial charge in [-0.1, -0.05) is 47.0 Å². The summed E-state index contributed by atoms with van der Waals surface area (Å²) >= 11 is 6.84. The summed E-state index contributed by atoms with van der Waals surface area (Å²) in [6.45, 7) is 8.39. The van der Waals surface area contributed by atoms with Crippen molar-refractivity contribution in [3.05, 3.63) is 39.2 Å². The van der Waals surface area contributed by atoms with Crippen LogP contribution in [0.2, 0.25) is 0 Å². The van der Waals surface area contributed by atoms with Crippen LogP contribution in [0.1, 0.15) is 53.4 Å². The standard InChI is InChI=1S/C18H22O2S4/c1-11-12(2)22-17(21-11)15(9-19)7-5-6-8-16(10-20)18-23-13(3)14(4)24-18/h9-10H,5-8H2,1-4H3. The number of allylic oxidation sites excluding steroid dienone is 6. The van der Waals surface area contributed by atoms with Crippen LogP contribution in [-0.2, 0) is 9.59 Å². The highest BCUT2D eigenvalue weighted by molar-refractivity contribution is 8.28. The van der Waals surface area contributed by atoms with Crippen LogP contribution in [0.3, 0.4) is 0 Å². The number of unbranched alkanes of at least 4 members (excludes halogenated alkanes) is 1. The van der Waals surface area contributed by atoms with Gasteiger partial charge in [0.15, 0.2) is 0 Å². The van der Waals surface area contributed by atoms with Gasteiger partial charge in [0, 0.05) is 11.1 Å². The molecule has 0 unspecified atom stereocenters. The molecule has 0 spiro atoms. The van der Waals surface area contributed by atoms with E-state index in [4.69, 9.17) is 0 Å². The second-order valence-electron chi connectivity index (χ2n) is 5.70. The van der Waals surface area contributed by atoms with Gasteiger partial charge in [0.05, 0.1) is 8.47 Å². The highest BCUT2D eigenvalue weighted by Crippen LogP contribution is 2.51. The average Bonchev–Trinajstić information content (AvgIpc) is 3.06. The van der Waals surface area contributed by atoms with Gasteiger partial charge in [-0.15, -0.1) is 0 Å². The molecule has 0 fully saturated rings. The maximum atomic E-state index is 11.4. The Morgan fingerprint density at radius 3 is 1.21 bits per heavy atom. The first kappa shape index (κ1) is 20.0. The van der Waals surface area contributed by atoms with E-state index in [0.717, 1.165) is 57.9 Å². The van der Waals surface area contributed by atoms with Crippen molar-refractivity contribution in [2.75, 3.05) is 0 Å². The summed E-state index contributed by atoms with van der Waals surface area (Å²) in [5, 5.41) is 0. The van der Waals surface area contributed by atoms with Gasteiger partial charge in [-0.3, -0.25) is 9.59 Å². The molecule has 0 N–H and O–H groups in total. The van der Waals surface area contributed by atoms with Crippen LogP contribution >= 0.6 is 47.0 Å². The number of carbonyl (C=O) groups excluding carboxylic acids is 2. The van der Waals surface area contributed by atoms with E-state index in [1.54, 1.807) is 47.0 Å². The fourth-order valence-corrected chi connectivity index (χ4v) is 7.34. The van der Waals surface area contributed by atoms with Gasteiger partial charge in [-0.25, -0.2) is 0 Å². The first-order chi connectivity index (χ1) is 11.5. The first-order valence-corrected chi connectivity index (χ1v) is 11.2. The Morgan fingerprint density at radius 2 is 0.958 bits per heavy atom. The lowest BCUT2D eigenvalue weighted by atomic mass is 10.1. The van der Waals surface area contributed by atoms with Crippen molar-refractivity contribution in [3.8, 4) is 0 Å². The molecule has 130 valence electrons. The summed E-state index contributed by atoms with van der Waals surface area (Å²) in [4.78, 5) is 27.9. The van der Waals surface area contributed by atoms with Crippen LogP contribution in [0.5, 0.6) is 0 Å². The van der Waals surface area contributed by atoms with Crippen LogP contribution in [0.4, 0.5) is 0 Å². The molecule has 2 nitrogen and oxygen atoms in total. The minimum Gasteiger partial charge on any atom is -0.298 e. The SMILES string of the molecule is CC1=C(C)SC(=C(C=O)CCCCC(C=O)=C2SC(C)=C(C)S2)S1. The molecule has 24 heavy (non-hydrogen) atoms. The molecule has 0 aromatic heterocycles. The second kappa shape index (κ2) is 9.41. The van der Waals surface area contributed by atoms with E-state index >= 15 is 0 Å². The van der Waals surface area contributed by atoms with Gasteiger partial charge in [-0.05, 0) is 73.0 Å². The Bertz CT molecular complexity index is 579. The predicted molar refractivity (Wildman–Crippen MR) is 112 cm³/mol. The molecule has 0 bridgehead atoms. The molecule has 0 amide bonds. The number of rotatable bonds is 7. The Balaban J connectivity index is 1.86. The van der Waals surface area contributed by atoms with E-state index < -0.39 is 0 Å². The quantitative estimate of drug-likeness (QED) is 0.265. The summed E-state index contributed by atoms with van der Waals surface area (Å²) in [6.07, 6.45) is 5.44. The van der Waals surface area contributed by atoms with E-state index in [2.05, 4.69) is 27.7 Å². The number of hydrogen-bond acceptors (Lipinski definition) is 6. The topological polar surface area (TPSA) is 34.1 Å². The molecule has 0 aliphatic carbocycles. The number of hydrogen-bond donors (Lipinski definition) is 0. The predicted octanol–water partition coefficient (Wildman–Crippen LogP) is 6.83. The van der Waals surface area contributed by atoms with Crippen molar-refractivity contribution in [1.29, 1.82) is 0 Å². The van der Waals surface area contributed by atoms with Crippen molar-refractivity contribution < 1.29 is 9.59 Å². The molecular weight excluding hydrogens is 376 g/mol. The maximum absolute atomic E-state index is 11.4. The molecule has 0 aromatic rings. The van der Waals surface area contributed by atoms with Crippen molar-refractivity contribution in [2.24, 2.45) is 0 Å². The second-order valence-corrected chi connectivity index (χ2v) is 11.1. The van der Waals surface area contributed by atoms with Gasteiger partial charge in [0.2, 0.25) is 0 Å². The lowest BCUT2D eigenvalue weighted by molar-refractivity contribution is -0.105. The third-order valence-corrected chi connectivity index (χ3v) is 9.42. The molecule has 0 saturated heterocycles. The van der Waals surface area contributed by atoms with E-state index in [1.165, 1.54) is 19.6 Å². The van der Waals surface area contributed by atoms with Crippen molar-refractivity contribution in [1.82, 2.24) is 0 Å². The Hall–Kier alpha value is -0.300. The number of thioether (sulfide) groups is 4. The van der Waals surface area contributed by atoms with Gasteiger partial charge in [0.1, 0.15) is 12.6 Å². The molecule has 0 saturated carbocycles. The summed E-state index contributed by atoms with van der Waals surface area (Å²) in [5.41, 5.74) is 1.80. The molecular formula is C18H22O2S4. The Morgan fingerprint density at radius 1 is 0.667 bits per heavy atom. The summed E-state index contributed by atoms with van der Waals surface area (Å²) < 4.78 is 2.26. The molecule has 2 aliphatic heterocycles. The average molecular weight is 399 g/mol. The maximum Gasteiger partial charge on any atom is 0.147 e. The lowest BCUT2D eigenvalue weighted by Crippen LogP contribution is -1.92. The Kier molecular flexibility index (Phi) is 7.85. The van der Waals surface area contributed by atoms with Crippen molar-refractivity contribution in [2.45, 2.75) is 53.4 Å². The van der Waals surface area contributed by atoms with Gasteiger partial charge < -0.3 is 0 Å². The monoisotopic (exact) mass is 398 g/mol. The fourth-order valence-electron chi connectivity index (χ4n) is 2.20. The minimum absolute atomic E-state index is 0.789. The smallest absolute Gasteiger partial charge is 0.147 e. The minimum atomic E-state index is 0.789. The third-order valence-electron chi connectivity index (χ3n) is 3.93. The third kappa shape index (κ3) is 5.10. The van der Waals surface area contributed by atoms with E-state index in [-0.39, 0.29) is 0 Å². The van der Waals surface area contributed by atoms with Crippen LogP contribution in [0.15, 0.2) is 39.2 Å². The van der Waals surface area contributed by atoms with Crippen LogP contribution in [0.25, 0.3) is 0 Å². The van der Waals surface area contributed by atoms with Gasteiger partial charge in [0.25, 0.3) is 0 Å². The first-order valence-electron chi connectivity index (χ1n) is 7.89. The summed E-state index contributed by atoms with van der Waals surface area (Å²) in [7, 11) is 0. The molecule has 0 aromatic carbocycles. The number of aldehydes is 2. The zero-order chi connectivity index (χ0) is 17.7. The zero-order valence-electron chi connectivity index (χ0n) is 14.4. The van der Waals surface area contributed by atoms with Crippen LogP contribution in [0, 0.1) is 0 Å². The molecule has 6 heteroatoms. The van der Waals surface area contributed by atoms with E-state index in [9.17, 15) is 9.59 Å². The normalized spacial score (nSPS) is 17.8. The van der Waals surface area contributed by atoms with Gasteiger partial charge in [-0.2, -0.15) is 0 Å². The number of carbonyl (C=O) groups is 2. The van der Waals surface area contributed by atoms with Crippen molar-refractivity contribution >= 4 is 59.6 Å². The van der Waals surface area contributed by atoms with Crippen LogP contribution in [-0.4, -0.2) is 12.6 Å². The highest BCUT2D eigenvalue weighted by Gasteiger charge is 2.19. The van der Waals surface area contributed by atoms with E-state index in [1.807, 2.05) is 0 Å². The van der Waals surface area contributed by atoms with E-state index in [0.29, 0.717) is 0 Å². The molecule has 2 rings (SSSR count). The molecule has 0 atom stereocenters. The molecule has 2 heterocycles. The van der Waals surface area contributed by atoms with Crippen molar-refractivity contribution in [3.63, 3.8) is 0 Å². The summed E-state index contributed by atoms with van der Waals surface area (Å²) in [6, 6.07) is 0. The Labute approximate surface area is 161 Å². The largest absolute Gasteiger partial charge is 0.298 e. The van der Waals surface area contributed by atoms with Crippen LogP contribution < -0.4 is 0 Å². The molecule has 2 aliphatic rings. The lowest BCUT2D eigenvalue weighted by Gasteiger charge is -2.06. The van der Waals surface area contributed by atoms with Gasteiger partial charge >= 0.3 is 0 Å². The molecule has 0 radical (unpaired) electrons.